The molecule has 100 valence electrons. The quantitative estimate of drug-likeness (QED) is 0.884. The third-order valence-electron chi connectivity index (χ3n) is 3.89. The molecule has 0 aliphatic carbocycles. The van der Waals surface area contributed by atoms with Gasteiger partial charge in [0.1, 0.15) is 5.54 Å². The maximum absolute atomic E-state index is 11.4. The van der Waals surface area contributed by atoms with Gasteiger partial charge < -0.3 is 5.11 Å². The molecule has 1 aliphatic heterocycles. The highest BCUT2D eigenvalue weighted by Gasteiger charge is 2.43. The molecule has 2 heterocycles. The van der Waals surface area contributed by atoms with Crippen LogP contribution in [0.4, 0.5) is 0 Å². The minimum atomic E-state index is -0.725. The first-order valence-electron chi connectivity index (χ1n) is 6.49. The van der Waals surface area contributed by atoms with Gasteiger partial charge in [0, 0.05) is 13.1 Å². The Balaban J connectivity index is 2.20. The van der Waals surface area contributed by atoms with Crippen LogP contribution in [0.1, 0.15) is 38.1 Å². The lowest BCUT2D eigenvalue weighted by molar-refractivity contribution is -0.149. The first-order chi connectivity index (χ1) is 8.47. The van der Waals surface area contributed by atoms with Crippen molar-refractivity contribution < 1.29 is 9.90 Å². The molecular weight excluding hydrogens is 230 g/mol. The van der Waals surface area contributed by atoms with Crippen LogP contribution in [0.15, 0.2) is 6.07 Å². The van der Waals surface area contributed by atoms with Crippen molar-refractivity contribution in [2.75, 3.05) is 6.54 Å². The molecule has 0 spiro atoms. The van der Waals surface area contributed by atoms with E-state index in [1.54, 1.807) is 0 Å². The maximum Gasteiger partial charge on any atom is 0.323 e. The number of likely N-dealkylation sites (tertiary alicyclic amines) is 1. The first-order valence-corrected chi connectivity index (χ1v) is 6.49. The lowest BCUT2D eigenvalue weighted by Crippen LogP contribution is -2.47. The van der Waals surface area contributed by atoms with Gasteiger partial charge in [-0.15, -0.1) is 0 Å². The van der Waals surface area contributed by atoms with E-state index in [0.717, 1.165) is 37.3 Å². The summed E-state index contributed by atoms with van der Waals surface area (Å²) < 4.78 is 1.95. The highest BCUT2D eigenvalue weighted by Crippen LogP contribution is 2.30. The summed E-state index contributed by atoms with van der Waals surface area (Å²) >= 11 is 0. The number of hydrogen-bond acceptors (Lipinski definition) is 3. The number of hydrogen-bond donors (Lipinski definition) is 1. The number of aromatic nitrogens is 2. The zero-order chi connectivity index (χ0) is 13.3. The fourth-order valence-electron chi connectivity index (χ4n) is 2.71. The summed E-state index contributed by atoms with van der Waals surface area (Å²) in [6, 6.07) is 2.05. The molecule has 0 saturated carbocycles. The van der Waals surface area contributed by atoms with E-state index < -0.39 is 11.5 Å². The van der Waals surface area contributed by atoms with Crippen LogP contribution in [-0.2, 0) is 17.9 Å². The molecule has 5 heteroatoms. The van der Waals surface area contributed by atoms with Crippen LogP contribution in [-0.4, -0.2) is 37.8 Å². The molecule has 18 heavy (non-hydrogen) atoms. The smallest absolute Gasteiger partial charge is 0.323 e. The normalized spacial score (nSPS) is 24.6. The van der Waals surface area contributed by atoms with Crippen molar-refractivity contribution in [3.05, 3.63) is 17.5 Å². The van der Waals surface area contributed by atoms with Crippen molar-refractivity contribution in [1.82, 2.24) is 14.7 Å². The first kappa shape index (κ1) is 13.1. The van der Waals surface area contributed by atoms with Crippen LogP contribution >= 0.6 is 0 Å². The summed E-state index contributed by atoms with van der Waals surface area (Å²) in [6.45, 7) is 8.17. The molecule has 1 aliphatic rings. The molecule has 2 rings (SSSR count). The van der Waals surface area contributed by atoms with Gasteiger partial charge >= 0.3 is 5.97 Å². The van der Waals surface area contributed by atoms with Crippen LogP contribution < -0.4 is 0 Å². The van der Waals surface area contributed by atoms with Crippen molar-refractivity contribution in [2.45, 2.75) is 52.2 Å². The zero-order valence-electron chi connectivity index (χ0n) is 11.3. The van der Waals surface area contributed by atoms with Crippen LogP contribution in [0.5, 0.6) is 0 Å². The van der Waals surface area contributed by atoms with Gasteiger partial charge in [0.05, 0.1) is 11.4 Å². The van der Waals surface area contributed by atoms with E-state index in [2.05, 4.69) is 16.9 Å². The SMILES string of the molecule is CCn1nc(C)cc1CN1CCCC1(C)C(=O)O. The number of carbonyl (C=O) groups is 1. The fraction of sp³-hybridized carbons (Fsp3) is 0.692. The number of carboxylic acids is 1. The average molecular weight is 251 g/mol. The summed E-state index contributed by atoms with van der Waals surface area (Å²) in [5.74, 6) is -0.723. The zero-order valence-corrected chi connectivity index (χ0v) is 11.3. The monoisotopic (exact) mass is 251 g/mol. The van der Waals surface area contributed by atoms with Gasteiger partial charge in [0.15, 0.2) is 0 Å². The van der Waals surface area contributed by atoms with Crippen molar-refractivity contribution in [1.29, 1.82) is 0 Å². The van der Waals surface area contributed by atoms with Crippen molar-refractivity contribution >= 4 is 5.97 Å². The van der Waals surface area contributed by atoms with Gasteiger partial charge in [-0.25, -0.2) is 0 Å². The third-order valence-corrected chi connectivity index (χ3v) is 3.89. The molecule has 0 amide bonds. The Bertz CT molecular complexity index is 455. The molecule has 5 nitrogen and oxygen atoms in total. The van der Waals surface area contributed by atoms with Crippen molar-refractivity contribution in [2.24, 2.45) is 0 Å². The van der Waals surface area contributed by atoms with E-state index in [1.807, 2.05) is 24.6 Å². The number of aryl methyl sites for hydroxylation is 2. The van der Waals surface area contributed by atoms with Crippen LogP contribution in [0.25, 0.3) is 0 Å². The summed E-state index contributed by atoms with van der Waals surface area (Å²) in [5, 5.41) is 13.8. The second kappa shape index (κ2) is 4.72. The molecule has 0 bridgehead atoms. The van der Waals surface area contributed by atoms with Crippen LogP contribution in [0, 0.1) is 6.92 Å². The summed E-state index contributed by atoms with van der Waals surface area (Å²) in [6.07, 6.45) is 1.67. The van der Waals surface area contributed by atoms with Crippen molar-refractivity contribution in [3.63, 3.8) is 0 Å². The minimum Gasteiger partial charge on any atom is -0.480 e. The maximum atomic E-state index is 11.4. The van der Waals surface area contributed by atoms with Gasteiger partial charge in [0.2, 0.25) is 0 Å². The lowest BCUT2D eigenvalue weighted by atomic mass is 9.99. The summed E-state index contributed by atoms with van der Waals surface area (Å²) in [7, 11) is 0. The molecular formula is C13H21N3O2. The summed E-state index contributed by atoms with van der Waals surface area (Å²) in [5.41, 5.74) is 1.36. The number of carboxylic acid groups (broad SMARTS) is 1. The molecule has 1 atom stereocenters. The fourth-order valence-corrected chi connectivity index (χ4v) is 2.71. The van der Waals surface area contributed by atoms with Gasteiger partial charge in [-0.05, 0) is 46.2 Å². The van der Waals surface area contributed by atoms with Crippen molar-refractivity contribution in [3.8, 4) is 0 Å². The van der Waals surface area contributed by atoms with Gasteiger partial charge in [0.25, 0.3) is 0 Å². The molecule has 1 aromatic rings. The second-order valence-electron chi connectivity index (χ2n) is 5.20. The van der Waals surface area contributed by atoms with E-state index in [0.29, 0.717) is 6.54 Å². The molecule has 1 aromatic heterocycles. The molecule has 1 saturated heterocycles. The van der Waals surface area contributed by atoms with E-state index in [-0.39, 0.29) is 0 Å². The van der Waals surface area contributed by atoms with E-state index in [1.165, 1.54) is 0 Å². The Labute approximate surface area is 107 Å². The van der Waals surface area contributed by atoms with Crippen LogP contribution in [0.3, 0.4) is 0 Å². The third kappa shape index (κ3) is 2.14. The Kier molecular flexibility index (Phi) is 3.43. The summed E-state index contributed by atoms with van der Waals surface area (Å²) in [4.78, 5) is 13.5. The van der Waals surface area contributed by atoms with E-state index in [9.17, 15) is 9.90 Å². The highest BCUT2D eigenvalue weighted by atomic mass is 16.4. The average Bonchev–Trinajstić information content (AvgIpc) is 2.85. The largest absolute Gasteiger partial charge is 0.480 e. The van der Waals surface area contributed by atoms with E-state index in [4.69, 9.17) is 0 Å². The second-order valence-corrected chi connectivity index (χ2v) is 5.20. The Morgan fingerprint density at radius 1 is 1.61 bits per heavy atom. The molecule has 0 radical (unpaired) electrons. The van der Waals surface area contributed by atoms with Gasteiger partial charge in [-0.3, -0.25) is 14.4 Å². The number of rotatable bonds is 4. The topological polar surface area (TPSA) is 58.4 Å². The van der Waals surface area contributed by atoms with Gasteiger partial charge in [-0.1, -0.05) is 0 Å². The predicted octanol–water partition coefficient (Wildman–Crippen LogP) is 1.65. The molecule has 1 fully saturated rings. The lowest BCUT2D eigenvalue weighted by Gasteiger charge is -2.31. The van der Waals surface area contributed by atoms with Gasteiger partial charge in [-0.2, -0.15) is 5.10 Å². The highest BCUT2D eigenvalue weighted by molar-refractivity contribution is 5.78. The number of aliphatic carboxylic acids is 1. The molecule has 1 N–H and O–H groups in total. The van der Waals surface area contributed by atoms with Crippen LogP contribution in [0.2, 0.25) is 0 Å². The Hall–Kier alpha value is -1.36. The standard InChI is InChI=1S/C13H21N3O2/c1-4-16-11(8-10(2)14-16)9-15-7-5-6-13(15,3)12(17)18/h8H,4-7,9H2,1-3H3,(H,17,18). The predicted molar refractivity (Wildman–Crippen MR) is 68.3 cm³/mol. The minimum absolute atomic E-state index is 0.664. The number of nitrogens with zero attached hydrogens (tertiary/aromatic N) is 3. The molecule has 0 aromatic carbocycles. The Morgan fingerprint density at radius 3 is 2.94 bits per heavy atom. The Morgan fingerprint density at radius 2 is 2.33 bits per heavy atom. The van der Waals surface area contributed by atoms with E-state index >= 15 is 0 Å². The molecule has 1 unspecified atom stereocenters.